The molecule has 9 heteroatoms. The van der Waals surface area contributed by atoms with Gasteiger partial charge in [-0.2, -0.15) is 5.10 Å². The number of fused-ring (bicyclic) bond motifs is 1. The highest BCUT2D eigenvalue weighted by atomic mass is 35.5. The zero-order valence-corrected chi connectivity index (χ0v) is 18.4. The van der Waals surface area contributed by atoms with Gasteiger partial charge in [-0.3, -0.25) is 5.10 Å². The van der Waals surface area contributed by atoms with Crippen LogP contribution in [0.2, 0.25) is 5.02 Å². The molecule has 0 radical (unpaired) electrons. The average Bonchev–Trinajstić information content (AvgIpc) is 3.20. The van der Waals surface area contributed by atoms with Crippen molar-refractivity contribution in [1.29, 1.82) is 0 Å². The lowest BCUT2D eigenvalue weighted by atomic mass is 10.1. The molecule has 3 heterocycles. The SMILES string of the molecule is Cc1ccc(Cl)cc1N1CCN(c2ncnc3n[nH]c(-c4ccc(F)cc4)c23)CC1.Cl. The van der Waals surface area contributed by atoms with Gasteiger partial charge in [-0.1, -0.05) is 17.7 Å². The van der Waals surface area contributed by atoms with Gasteiger partial charge < -0.3 is 9.80 Å². The van der Waals surface area contributed by atoms with Crippen LogP contribution in [0.3, 0.4) is 0 Å². The highest BCUT2D eigenvalue weighted by Crippen LogP contribution is 2.33. The van der Waals surface area contributed by atoms with E-state index in [0.29, 0.717) is 5.65 Å². The van der Waals surface area contributed by atoms with Crippen LogP contribution in [-0.2, 0) is 0 Å². The molecule has 0 aliphatic carbocycles. The number of aryl methyl sites for hydroxylation is 1. The zero-order valence-electron chi connectivity index (χ0n) is 16.8. The summed E-state index contributed by atoms with van der Waals surface area (Å²) in [7, 11) is 0. The molecular weight excluding hydrogens is 438 g/mol. The van der Waals surface area contributed by atoms with Crippen molar-refractivity contribution in [3.63, 3.8) is 0 Å². The van der Waals surface area contributed by atoms with Crippen molar-refractivity contribution in [1.82, 2.24) is 20.2 Å². The number of aromatic amines is 1. The van der Waals surface area contributed by atoms with Crippen LogP contribution in [0.25, 0.3) is 22.3 Å². The third-order valence-corrected chi connectivity index (χ3v) is 5.79. The Morgan fingerprint density at radius 3 is 2.42 bits per heavy atom. The predicted octanol–water partition coefficient (Wildman–Crippen LogP) is 4.87. The van der Waals surface area contributed by atoms with Crippen LogP contribution < -0.4 is 9.80 Å². The van der Waals surface area contributed by atoms with Crippen molar-refractivity contribution < 1.29 is 4.39 Å². The Labute approximate surface area is 190 Å². The number of aromatic nitrogens is 4. The minimum absolute atomic E-state index is 0. The van der Waals surface area contributed by atoms with Crippen LogP contribution in [-0.4, -0.2) is 46.3 Å². The Morgan fingerprint density at radius 2 is 1.68 bits per heavy atom. The van der Waals surface area contributed by atoms with E-state index in [9.17, 15) is 4.39 Å². The number of H-pyrrole nitrogens is 1. The molecule has 0 unspecified atom stereocenters. The molecule has 1 saturated heterocycles. The van der Waals surface area contributed by atoms with Gasteiger partial charge in [-0.15, -0.1) is 12.4 Å². The summed E-state index contributed by atoms with van der Waals surface area (Å²) in [6, 6.07) is 12.4. The molecular formula is C22H21Cl2FN6. The summed E-state index contributed by atoms with van der Waals surface area (Å²) in [4.78, 5) is 13.5. The molecule has 0 spiro atoms. The third kappa shape index (κ3) is 4.03. The van der Waals surface area contributed by atoms with Gasteiger partial charge in [-0.25, -0.2) is 14.4 Å². The molecule has 0 amide bonds. The van der Waals surface area contributed by atoms with E-state index in [4.69, 9.17) is 11.6 Å². The predicted molar refractivity (Wildman–Crippen MR) is 125 cm³/mol. The molecule has 1 aliphatic rings. The number of nitrogens with zero attached hydrogens (tertiary/aromatic N) is 5. The molecule has 6 nitrogen and oxygen atoms in total. The smallest absolute Gasteiger partial charge is 0.186 e. The summed E-state index contributed by atoms with van der Waals surface area (Å²) in [6.07, 6.45) is 1.54. The number of halogens is 3. The molecule has 31 heavy (non-hydrogen) atoms. The second-order valence-corrected chi connectivity index (χ2v) is 7.84. The number of hydrogen-bond acceptors (Lipinski definition) is 5. The van der Waals surface area contributed by atoms with Gasteiger partial charge in [0.05, 0.1) is 11.1 Å². The number of anilines is 2. The molecule has 1 fully saturated rings. The molecule has 2 aromatic heterocycles. The van der Waals surface area contributed by atoms with Crippen molar-refractivity contribution in [3.05, 3.63) is 65.2 Å². The second kappa shape index (κ2) is 8.69. The van der Waals surface area contributed by atoms with Gasteiger partial charge >= 0.3 is 0 Å². The fraction of sp³-hybridized carbons (Fsp3) is 0.227. The van der Waals surface area contributed by atoms with Crippen molar-refractivity contribution >= 4 is 46.5 Å². The fourth-order valence-corrected chi connectivity index (χ4v) is 4.15. The van der Waals surface area contributed by atoms with Crippen molar-refractivity contribution in [2.45, 2.75) is 6.92 Å². The first-order valence-electron chi connectivity index (χ1n) is 9.81. The lowest BCUT2D eigenvalue weighted by Crippen LogP contribution is -2.47. The maximum absolute atomic E-state index is 13.4. The molecule has 0 bridgehead atoms. The van der Waals surface area contributed by atoms with Crippen molar-refractivity contribution in [2.24, 2.45) is 0 Å². The largest absolute Gasteiger partial charge is 0.368 e. The molecule has 4 aromatic rings. The van der Waals surface area contributed by atoms with Gasteiger partial charge in [-0.05, 0) is 48.9 Å². The normalized spacial score (nSPS) is 14.0. The minimum Gasteiger partial charge on any atom is -0.368 e. The van der Waals surface area contributed by atoms with Crippen molar-refractivity contribution in [3.8, 4) is 11.3 Å². The van der Waals surface area contributed by atoms with Gasteiger partial charge in [0.15, 0.2) is 5.65 Å². The van der Waals surface area contributed by atoms with Crippen LogP contribution in [0.1, 0.15) is 5.56 Å². The number of nitrogens with one attached hydrogen (secondary N) is 1. The van der Waals surface area contributed by atoms with Crippen LogP contribution in [0, 0.1) is 12.7 Å². The van der Waals surface area contributed by atoms with Crippen LogP contribution in [0.4, 0.5) is 15.9 Å². The van der Waals surface area contributed by atoms with Crippen molar-refractivity contribution in [2.75, 3.05) is 36.0 Å². The quantitative estimate of drug-likeness (QED) is 0.474. The topological polar surface area (TPSA) is 60.9 Å². The van der Waals surface area contributed by atoms with Crippen LogP contribution >= 0.6 is 24.0 Å². The van der Waals surface area contributed by atoms with Gasteiger partial charge in [0.25, 0.3) is 0 Å². The highest BCUT2D eigenvalue weighted by Gasteiger charge is 2.24. The van der Waals surface area contributed by atoms with E-state index < -0.39 is 0 Å². The number of hydrogen-bond donors (Lipinski definition) is 1. The van der Waals surface area contributed by atoms with E-state index in [1.54, 1.807) is 18.5 Å². The molecule has 0 atom stereocenters. The number of rotatable bonds is 3. The number of benzene rings is 2. The Kier molecular flexibility index (Phi) is 5.98. The summed E-state index contributed by atoms with van der Waals surface area (Å²) in [6.45, 7) is 5.44. The lowest BCUT2D eigenvalue weighted by molar-refractivity contribution is 0.628. The fourth-order valence-electron chi connectivity index (χ4n) is 3.99. The van der Waals surface area contributed by atoms with E-state index in [1.165, 1.54) is 23.4 Å². The van der Waals surface area contributed by atoms with Gasteiger partial charge in [0.1, 0.15) is 18.0 Å². The first-order valence-corrected chi connectivity index (χ1v) is 10.2. The van der Waals surface area contributed by atoms with E-state index in [0.717, 1.165) is 53.7 Å². The van der Waals surface area contributed by atoms with Crippen LogP contribution in [0.5, 0.6) is 0 Å². The molecule has 5 rings (SSSR count). The van der Waals surface area contributed by atoms with E-state index in [-0.39, 0.29) is 18.2 Å². The van der Waals surface area contributed by atoms with Gasteiger partial charge in [0, 0.05) is 42.5 Å². The summed E-state index contributed by atoms with van der Waals surface area (Å²) in [5.74, 6) is 0.571. The Hall–Kier alpha value is -2.90. The highest BCUT2D eigenvalue weighted by molar-refractivity contribution is 6.30. The minimum atomic E-state index is -0.272. The summed E-state index contributed by atoms with van der Waals surface area (Å²) >= 11 is 6.21. The first kappa shape index (κ1) is 21.3. The Bertz CT molecular complexity index is 1200. The molecule has 2 aromatic carbocycles. The average molecular weight is 459 g/mol. The molecule has 160 valence electrons. The van der Waals surface area contributed by atoms with Gasteiger partial charge in [0.2, 0.25) is 0 Å². The Balaban J connectivity index is 0.00000231. The van der Waals surface area contributed by atoms with E-state index in [2.05, 4.69) is 43.0 Å². The zero-order chi connectivity index (χ0) is 20.7. The molecule has 1 N–H and O–H groups in total. The second-order valence-electron chi connectivity index (χ2n) is 7.41. The summed E-state index contributed by atoms with van der Waals surface area (Å²) in [5.41, 5.74) is 4.64. The standard InChI is InChI=1S/C22H20ClFN6.ClH/c1-14-2-5-16(23)12-18(14)29-8-10-30(11-9-29)22-19-20(15-3-6-17(24)7-4-15)27-28-21(19)25-13-26-22;/h2-7,12-13H,8-11H2,1H3,(H,25,26,27,28);1H. The maximum Gasteiger partial charge on any atom is 0.186 e. The molecule has 1 aliphatic heterocycles. The first-order chi connectivity index (χ1) is 14.6. The van der Waals surface area contributed by atoms with Crippen LogP contribution in [0.15, 0.2) is 48.8 Å². The van der Waals surface area contributed by atoms with E-state index >= 15 is 0 Å². The summed E-state index contributed by atoms with van der Waals surface area (Å²) in [5, 5.41) is 8.99. The molecule has 0 saturated carbocycles. The Morgan fingerprint density at radius 1 is 0.968 bits per heavy atom. The number of piperazine rings is 1. The summed E-state index contributed by atoms with van der Waals surface area (Å²) < 4.78 is 13.4. The lowest BCUT2D eigenvalue weighted by Gasteiger charge is -2.37. The monoisotopic (exact) mass is 458 g/mol. The maximum atomic E-state index is 13.4. The van der Waals surface area contributed by atoms with E-state index in [1.807, 2.05) is 12.1 Å². The third-order valence-electron chi connectivity index (χ3n) is 5.55.